The molecule has 2 fully saturated rings. The second-order valence-corrected chi connectivity index (χ2v) is 6.74. The Bertz CT molecular complexity index is 505. The molecule has 1 aromatic rings. The van der Waals surface area contributed by atoms with Crippen molar-refractivity contribution in [2.75, 3.05) is 32.8 Å². The maximum absolute atomic E-state index is 12.6. The smallest absolute Gasteiger partial charge is 0.224 e. The lowest BCUT2D eigenvalue weighted by atomic mass is 9.79. The lowest BCUT2D eigenvalue weighted by molar-refractivity contribution is -0.134. The number of halogens is 1. The normalized spacial score (nSPS) is 27.4. The second-order valence-electron chi connectivity index (χ2n) is 6.74. The van der Waals surface area contributed by atoms with Crippen molar-refractivity contribution in [3.63, 3.8) is 0 Å². The van der Waals surface area contributed by atoms with E-state index in [2.05, 4.69) is 47.5 Å². The summed E-state index contributed by atoms with van der Waals surface area (Å²) in [4.78, 5) is 14.7. The minimum Gasteiger partial charge on any atom is -0.378 e. The predicted molar refractivity (Wildman–Crippen MR) is 98.6 cm³/mol. The van der Waals surface area contributed by atoms with Gasteiger partial charge in [-0.3, -0.25) is 4.79 Å². The molecule has 0 radical (unpaired) electrons. The minimum atomic E-state index is 0. The van der Waals surface area contributed by atoms with Crippen LogP contribution in [-0.2, 0) is 9.53 Å². The standard InChI is InChI=1S/C19H28N2O2.ClH/c1-2-15-13-21(19(22)12-17-14-23-11-9-20-17)10-8-18(15)16-6-4-3-5-7-16;/h3-7,15,17-18,20H,2,8-14H2,1H3;1H. The van der Waals surface area contributed by atoms with Gasteiger partial charge >= 0.3 is 0 Å². The van der Waals surface area contributed by atoms with Crippen LogP contribution in [0.5, 0.6) is 0 Å². The number of hydrogen-bond acceptors (Lipinski definition) is 3. The first kappa shape index (κ1) is 19.2. The van der Waals surface area contributed by atoms with E-state index >= 15 is 0 Å². The van der Waals surface area contributed by atoms with Crippen molar-refractivity contribution in [3.8, 4) is 0 Å². The van der Waals surface area contributed by atoms with E-state index in [1.54, 1.807) is 0 Å². The number of likely N-dealkylation sites (tertiary alicyclic amines) is 1. The van der Waals surface area contributed by atoms with E-state index in [-0.39, 0.29) is 24.4 Å². The van der Waals surface area contributed by atoms with Crippen LogP contribution in [0.3, 0.4) is 0 Å². The number of nitrogens with zero attached hydrogens (tertiary/aromatic N) is 1. The molecular weight excluding hydrogens is 324 g/mol. The van der Waals surface area contributed by atoms with Gasteiger partial charge in [0.2, 0.25) is 5.91 Å². The number of nitrogens with one attached hydrogen (secondary N) is 1. The van der Waals surface area contributed by atoms with Crippen molar-refractivity contribution in [1.29, 1.82) is 0 Å². The molecule has 2 aliphatic heterocycles. The number of piperidine rings is 1. The lowest BCUT2D eigenvalue weighted by Gasteiger charge is -2.39. The Kier molecular flexibility index (Phi) is 7.53. The number of morpholine rings is 1. The predicted octanol–water partition coefficient (Wildman–Crippen LogP) is 2.83. The molecule has 134 valence electrons. The zero-order valence-corrected chi connectivity index (χ0v) is 15.3. The zero-order chi connectivity index (χ0) is 16.1. The first-order valence-electron chi connectivity index (χ1n) is 8.91. The van der Waals surface area contributed by atoms with Crippen LogP contribution < -0.4 is 5.32 Å². The topological polar surface area (TPSA) is 41.6 Å². The highest BCUT2D eigenvalue weighted by molar-refractivity contribution is 5.85. The average molecular weight is 353 g/mol. The SMILES string of the molecule is CCC1CN(C(=O)CC2COCCN2)CCC1c1ccccc1.Cl. The van der Waals surface area contributed by atoms with Crippen molar-refractivity contribution < 1.29 is 9.53 Å². The molecule has 5 heteroatoms. The zero-order valence-electron chi connectivity index (χ0n) is 14.4. The maximum atomic E-state index is 12.6. The Hall–Kier alpha value is -1.10. The quantitative estimate of drug-likeness (QED) is 0.906. The average Bonchev–Trinajstić information content (AvgIpc) is 2.62. The summed E-state index contributed by atoms with van der Waals surface area (Å²) in [6.45, 7) is 6.27. The number of carbonyl (C=O) groups is 1. The van der Waals surface area contributed by atoms with E-state index in [0.29, 0.717) is 24.9 Å². The molecule has 0 saturated carbocycles. The van der Waals surface area contributed by atoms with Crippen molar-refractivity contribution in [1.82, 2.24) is 10.2 Å². The molecule has 0 aromatic heterocycles. The molecule has 1 N–H and O–H groups in total. The highest BCUT2D eigenvalue weighted by Crippen LogP contribution is 2.35. The highest BCUT2D eigenvalue weighted by Gasteiger charge is 2.32. The summed E-state index contributed by atoms with van der Waals surface area (Å²) in [5, 5.41) is 3.38. The first-order valence-corrected chi connectivity index (χ1v) is 8.91. The van der Waals surface area contributed by atoms with Crippen LogP contribution in [0.4, 0.5) is 0 Å². The summed E-state index contributed by atoms with van der Waals surface area (Å²) in [6, 6.07) is 11.0. The van der Waals surface area contributed by atoms with E-state index < -0.39 is 0 Å². The summed E-state index contributed by atoms with van der Waals surface area (Å²) in [5.74, 6) is 1.42. The van der Waals surface area contributed by atoms with Gasteiger partial charge in [-0.2, -0.15) is 0 Å². The summed E-state index contributed by atoms with van der Waals surface area (Å²) in [5.41, 5.74) is 1.42. The van der Waals surface area contributed by atoms with E-state index in [0.717, 1.165) is 39.1 Å². The van der Waals surface area contributed by atoms with Crippen LogP contribution in [0, 0.1) is 5.92 Å². The van der Waals surface area contributed by atoms with E-state index in [9.17, 15) is 4.79 Å². The number of ether oxygens (including phenoxy) is 1. The second kappa shape index (κ2) is 9.40. The van der Waals surface area contributed by atoms with Crippen LogP contribution in [0.1, 0.15) is 37.7 Å². The molecular formula is C19H29ClN2O2. The van der Waals surface area contributed by atoms with Gasteiger partial charge < -0.3 is 15.0 Å². The van der Waals surface area contributed by atoms with Crippen LogP contribution in [-0.4, -0.2) is 49.7 Å². The molecule has 1 amide bonds. The van der Waals surface area contributed by atoms with Crippen molar-refractivity contribution >= 4 is 18.3 Å². The molecule has 2 saturated heterocycles. The van der Waals surface area contributed by atoms with Crippen LogP contribution >= 0.6 is 12.4 Å². The van der Waals surface area contributed by atoms with Gasteiger partial charge in [-0.05, 0) is 23.8 Å². The van der Waals surface area contributed by atoms with E-state index in [4.69, 9.17) is 4.74 Å². The van der Waals surface area contributed by atoms with Crippen molar-refractivity contribution in [2.24, 2.45) is 5.92 Å². The third kappa shape index (κ3) is 4.71. The van der Waals surface area contributed by atoms with Gasteiger partial charge in [-0.1, -0.05) is 43.7 Å². The number of amides is 1. The van der Waals surface area contributed by atoms with E-state index in [1.165, 1.54) is 5.56 Å². The molecule has 24 heavy (non-hydrogen) atoms. The molecule has 2 heterocycles. The number of benzene rings is 1. The molecule has 3 rings (SSSR count). The molecule has 0 bridgehead atoms. The lowest BCUT2D eigenvalue weighted by Crippen LogP contribution is -2.48. The Morgan fingerprint density at radius 2 is 2.12 bits per heavy atom. The first-order chi connectivity index (χ1) is 11.3. The van der Waals surface area contributed by atoms with E-state index in [1.807, 2.05) is 0 Å². The Morgan fingerprint density at radius 3 is 2.79 bits per heavy atom. The molecule has 1 aromatic carbocycles. The summed E-state index contributed by atoms with van der Waals surface area (Å²) in [6.07, 6.45) is 2.75. The van der Waals surface area contributed by atoms with Crippen molar-refractivity contribution in [2.45, 2.75) is 38.1 Å². The fraction of sp³-hybridized carbons (Fsp3) is 0.632. The Balaban J connectivity index is 0.00000208. The van der Waals surface area contributed by atoms with Crippen LogP contribution in [0.2, 0.25) is 0 Å². The third-order valence-electron chi connectivity index (χ3n) is 5.26. The summed E-state index contributed by atoms with van der Waals surface area (Å²) in [7, 11) is 0. The minimum absolute atomic E-state index is 0. The van der Waals surface area contributed by atoms with Gasteiger partial charge in [0.15, 0.2) is 0 Å². The number of rotatable bonds is 4. The molecule has 0 aliphatic carbocycles. The fourth-order valence-corrected chi connectivity index (χ4v) is 3.90. The highest BCUT2D eigenvalue weighted by atomic mass is 35.5. The summed E-state index contributed by atoms with van der Waals surface area (Å²) < 4.78 is 5.45. The molecule has 0 spiro atoms. The maximum Gasteiger partial charge on any atom is 0.224 e. The Labute approximate surface area is 151 Å². The van der Waals surface area contributed by atoms with Gasteiger partial charge in [-0.15, -0.1) is 12.4 Å². The third-order valence-corrected chi connectivity index (χ3v) is 5.26. The molecule has 3 unspecified atom stereocenters. The largest absolute Gasteiger partial charge is 0.378 e. The monoisotopic (exact) mass is 352 g/mol. The number of hydrogen-bond donors (Lipinski definition) is 1. The molecule has 4 nitrogen and oxygen atoms in total. The van der Waals surface area contributed by atoms with Gasteiger partial charge in [0.05, 0.1) is 13.2 Å². The Morgan fingerprint density at radius 1 is 1.33 bits per heavy atom. The molecule has 3 atom stereocenters. The fourth-order valence-electron chi connectivity index (χ4n) is 3.90. The van der Waals surface area contributed by atoms with Gasteiger partial charge in [0.25, 0.3) is 0 Å². The van der Waals surface area contributed by atoms with Gasteiger partial charge in [0.1, 0.15) is 0 Å². The van der Waals surface area contributed by atoms with Crippen LogP contribution in [0.15, 0.2) is 30.3 Å². The van der Waals surface area contributed by atoms with Gasteiger partial charge in [-0.25, -0.2) is 0 Å². The summed E-state index contributed by atoms with van der Waals surface area (Å²) >= 11 is 0. The van der Waals surface area contributed by atoms with Gasteiger partial charge in [0, 0.05) is 32.1 Å². The molecule has 2 aliphatic rings. The number of carbonyl (C=O) groups excluding carboxylic acids is 1. The van der Waals surface area contributed by atoms with Crippen molar-refractivity contribution in [3.05, 3.63) is 35.9 Å². The van der Waals surface area contributed by atoms with Crippen LogP contribution in [0.25, 0.3) is 0 Å².